The maximum absolute atomic E-state index is 14.3. The molecule has 48 heavy (non-hydrogen) atoms. The third-order valence-electron chi connectivity index (χ3n) is 8.15. The number of carbonyl (C=O) groups excluding carboxylic acids is 1. The standard InChI is InChI=1S/C34H35FN8O3S2/c1-4-22(2)33-40-31(24-8-7-9-25(20-24)41-48(45,46)29-11-6-5-10-27(29)35)32(47-33)28-14-15-36-34(39-28)38-26-12-13-30(37-21-26)43-18-16-42(17-19-43)23(3)44/h4-15,20-22,32-33,41H,1,16-19H2,2-3H3,(H,36,38,39). The van der Waals surface area contributed by atoms with Crippen LogP contribution >= 0.6 is 11.8 Å². The molecule has 0 aliphatic carbocycles. The second-order valence-corrected chi connectivity index (χ2v) is 14.3. The Balaban J connectivity index is 1.21. The number of pyridine rings is 1. The largest absolute Gasteiger partial charge is 0.353 e. The highest BCUT2D eigenvalue weighted by Crippen LogP contribution is 2.44. The van der Waals surface area contributed by atoms with Crippen LogP contribution < -0.4 is 14.9 Å². The van der Waals surface area contributed by atoms with Gasteiger partial charge < -0.3 is 15.1 Å². The van der Waals surface area contributed by atoms with Crippen LogP contribution in [0.5, 0.6) is 0 Å². The molecule has 3 unspecified atom stereocenters. The van der Waals surface area contributed by atoms with Crippen molar-refractivity contribution < 1.29 is 17.6 Å². The van der Waals surface area contributed by atoms with Gasteiger partial charge in [0.05, 0.1) is 28.5 Å². The predicted octanol–water partition coefficient (Wildman–Crippen LogP) is 5.65. The van der Waals surface area contributed by atoms with E-state index in [1.807, 2.05) is 42.2 Å². The lowest BCUT2D eigenvalue weighted by molar-refractivity contribution is -0.129. The van der Waals surface area contributed by atoms with Crippen LogP contribution in [-0.2, 0) is 14.8 Å². The van der Waals surface area contributed by atoms with Gasteiger partial charge in [-0.1, -0.05) is 37.3 Å². The number of carbonyl (C=O) groups is 1. The van der Waals surface area contributed by atoms with Crippen LogP contribution in [0.1, 0.15) is 30.4 Å². The van der Waals surface area contributed by atoms with Crippen LogP contribution in [0.4, 0.5) is 27.5 Å². The lowest BCUT2D eigenvalue weighted by Gasteiger charge is -2.34. The summed E-state index contributed by atoms with van der Waals surface area (Å²) < 4.78 is 42.8. The minimum atomic E-state index is -4.16. The van der Waals surface area contributed by atoms with E-state index >= 15 is 0 Å². The van der Waals surface area contributed by atoms with E-state index in [-0.39, 0.29) is 28.1 Å². The predicted molar refractivity (Wildman–Crippen MR) is 188 cm³/mol. The van der Waals surface area contributed by atoms with Crippen molar-refractivity contribution in [3.8, 4) is 0 Å². The summed E-state index contributed by atoms with van der Waals surface area (Å²) in [6.07, 6.45) is 5.27. The molecule has 2 aromatic heterocycles. The number of nitrogens with one attached hydrogen (secondary N) is 2. The number of benzene rings is 2. The quantitative estimate of drug-likeness (QED) is 0.203. The lowest BCUT2D eigenvalue weighted by atomic mass is 10.0. The number of halogens is 1. The van der Waals surface area contributed by atoms with Crippen molar-refractivity contribution in [3.63, 3.8) is 0 Å². The smallest absolute Gasteiger partial charge is 0.264 e. The Kier molecular flexibility index (Phi) is 9.73. The molecule has 11 nitrogen and oxygen atoms in total. The summed E-state index contributed by atoms with van der Waals surface area (Å²) in [4.78, 5) is 34.1. The van der Waals surface area contributed by atoms with Gasteiger partial charge in [-0.25, -0.2) is 27.8 Å². The SMILES string of the molecule is C=CC(C)C1N=C(c2cccc(NS(=O)(=O)c3ccccc3F)c2)C(c2ccnc(Nc3ccc(N4CCN(C(C)=O)CC4)nc3)n2)S1. The molecule has 2 aliphatic heterocycles. The number of piperazine rings is 1. The minimum Gasteiger partial charge on any atom is -0.353 e. The summed E-state index contributed by atoms with van der Waals surface area (Å²) >= 11 is 1.63. The van der Waals surface area contributed by atoms with Gasteiger partial charge in [-0.15, -0.1) is 18.3 Å². The molecule has 1 amide bonds. The molecule has 4 heterocycles. The Hall–Kier alpha value is -4.82. The van der Waals surface area contributed by atoms with Gasteiger partial charge >= 0.3 is 0 Å². The fourth-order valence-corrected chi connectivity index (χ4v) is 7.99. The van der Waals surface area contributed by atoms with E-state index in [1.165, 1.54) is 18.2 Å². The summed E-state index contributed by atoms with van der Waals surface area (Å²) in [6, 6.07) is 17.8. The number of hydrogen-bond donors (Lipinski definition) is 2. The van der Waals surface area contributed by atoms with E-state index in [4.69, 9.17) is 9.98 Å². The number of anilines is 4. The van der Waals surface area contributed by atoms with Crippen LogP contribution in [-0.4, -0.2) is 71.4 Å². The average Bonchev–Trinajstić information content (AvgIpc) is 3.54. The molecule has 3 atom stereocenters. The van der Waals surface area contributed by atoms with Gasteiger partial charge in [0.2, 0.25) is 11.9 Å². The van der Waals surface area contributed by atoms with Crippen LogP contribution in [0.25, 0.3) is 0 Å². The zero-order valence-electron chi connectivity index (χ0n) is 26.5. The van der Waals surface area contributed by atoms with Crippen LogP contribution in [0.3, 0.4) is 0 Å². The van der Waals surface area contributed by atoms with Gasteiger partial charge in [0.1, 0.15) is 21.9 Å². The lowest BCUT2D eigenvalue weighted by Crippen LogP contribution is -2.48. The molecule has 4 aromatic rings. The van der Waals surface area contributed by atoms with E-state index < -0.39 is 20.7 Å². The number of aliphatic imine (C=N–C) groups is 1. The molecule has 1 fully saturated rings. The summed E-state index contributed by atoms with van der Waals surface area (Å²) in [5.74, 6) is 0.545. The maximum Gasteiger partial charge on any atom is 0.264 e. The first-order chi connectivity index (χ1) is 23.1. The summed E-state index contributed by atoms with van der Waals surface area (Å²) in [7, 11) is -4.16. The highest BCUT2D eigenvalue weighted by molar-refractivity contribution is 8.01. The van der Waals surface area contributed by atoms with E-state index in [0.29, 0.717) is 24.6 Å². The van der Waals surface area contributed by atoms with E-state index in [0.717, 1.165) is 42.1 Å². The number of nitrogens with zero attached hydrogens (tertiary/aromatic N) is 6. The van der Waals surface area contributed by atoms with Crippen LogP contribution in [0.15, 0.2) is 102 Å². The van der Waals surface area contributed by atoms with Gasteiger partial charge in [0.15, 0.2) is 0 Å². The fraction of sp³-hybridized carbons (Fsp3) is 0.265. The van der Waals surface area contributed by atoms with Crippen molar-refractivity contribution >= 4 is 56.5 Å². The first kappa shape index (κ1) is 33.1. The topological polar surface area (TPSA) is 133 Å². The summed E-state index contributed by atoms with van der Waals surface area (Å²) in [5, 5.41) is 2.82. The number of sulfonamides is 1. The van der Waals surface area contributed by atoms with Crippen molar-refractivity contribution in [2.45, 2.75) is 29.4 Å². The highest BCUT2D eigenvalue weighted by atomic mass is 32.2. The maximum atomic E-state index is 14.3. The zero-order chi connectivity index (χ0) is 33.8. The molecule has 0 radical (unpaired) electrons. The zero-order valence-corrected chi connectivity index (χ0v) is 28.1. The number of rotatable bonds is 10. The van der Waals surface area contributed by atoms with Gasteiger partial charge in [0, 0.05) is 50.9 Å². The van der Waals surface area contributed by atoms with Crippen molar-refractivity contribution in [2.24, 2.45) is 10.9 Å². The molecule has 2 aliphatic rings. The van der Waals surface area contributed by atoms with Gasteiger partial charge in [-0.05, 0) is 48.0 Å². The molecule has 14 heteroatoms. The molecule has 0 spiro atoms. The Labute approximate surface area is 283 Å². The Morgan fingerprint density at radius 2 is 1.83 bits per heavy atom. The number of amides is 1. The number of aromatic nitrogens is 3. The molecule has 0 saturated carbocycles. The molecule has 248 valence electrons. The van der Waals surface area contributed by atoms with Crippen molar-refractivity contribution in [3.05, 3.63) is 109 Å². The molecule has 0 bridgehead atoms. The van der Waals surface area contributed by atoms with Crippen molar-refractivity contribution in [2.75, 3.05) is 41.1 Å². The molecule has 1 saturated heterocycles. The monoisotopic (exact) mass is 686 g/mol. The highest BCUT2D eigenvalue weighted by Gasteiger charge is 2.34. The van der Waals surface area contributed by atoms with Crippen molar-refractivity contribution in [1.82, 2.24) is 19.9 Å². The van der Waals surface area contributed by atoms with E-state index in [2.05, 4.69) is 31.5 Å². The molecule has 6 rings (SSSR count). The average molecular weight is 687 g/mol. The van der Waals surface area contributed by atoms with E-state index in [1.54, 1.807) is 49.3 Å². The third kappa shape index (κ3) is 7.34. The number of hydrogen-bond acceptors (Lipinski definition) is 10. The molecular formula is C34H35FN8O3S2. The molecule has 2 N–H and O–H groups in total. The van der Waals surface area contributed by atoms with Gasteiger partial charge in [0.25, 0.3) is 10.0 Å². The summed E-state index contributed by atoms with van der Waals surface area (Å²) in [5.41, 5.74) is 3.16. The third-order valence-corrected chi connectivity index (χ3v) is 11.1. The number of thioether (sulfide) groups is 1. The Morgan fingerprint density at radius 1 is 1.04 bits per heavy atom. The van der Waals surface area contributed by atoms with Crippen LogP contribution in [0.2, 0.25) is 0 Å². The minimum absolute atomic E-state index is 0.0622. The van der Waals surface area contributed by atoms with Crippen LogP contribution in [0, 0.1) is 11.7 Å². The Bertz CT molecular complexity index is 1950. The summed E-state index contributed by atoms with van der Waals surface area (Å²) in [6.45, 7) is 10.4. The fourth-order valence-electron chi connectivity index (χ4n) is 5.45. The van der Waals surface area contributed by atoms with Gasteiger partial charge in [-0.2, -0.15) is 0 Å². The Morgan fingerprint density at radius 3 is 2.54 bits per heavy atom. The van der Waals surface area contributed by atoms with Gasteiger partial charge in [-0.3, -0.25) is 14.5 Å². The van der Waals surface area contributed by atoms with Crippen molar-refractivity contribution in [1.29, 1.82) is 0 Å². The second-order valence-electron chi connectivity index (χ2n) is 11.5. The first-order valence-electron chi connectivity index (χ1n) is 15.4. The van der Waals surface area contributed by atoms with E-state index in [9.17, 15) is 17.6 Å². The normalized spacial score (nSPS) is 18.6. The molecular weight excluding hydrogens is 652 g/mol. The molecule has 2 aromatic carbocycles. The first-order valence-corrected chi connectivity index (χ1v) is 17.8. The second kappa shape index (κ2) is 14.1.